The van der Waals surface area contributed by atoms with Gasteiger partial charge in [0, 0.05) is 13.2 Å². The fourth-order valence-electron chi connectivity index (χ4n) is 2.75. The Morgan fingerprint density at radius 1 is 1.33 bits per heavy atom. The molecule has 3 N–H and O–H groups in total. The van der Waals surface area contributed by atoms with Crippen molar-refractivity contribution in [2.75, 3.05) is 19.7 Å². The summed E-state index contributed by atoms with van der Waals surface area (Å²) in [5, 5.41) is 3.02. The molecule has 1 amide bonds. The Hall–Kier alpha value is -1.39. The third-order valence-electron chi connectivity index (χ3n) is 4.00. The number of aryl methyl sites for hydroxylation is 1. The van der Waals surface area contributed by atoms with Crippen LogP contribution in [-0.2, 0) is 9.53 Å². The molecule has 1 aliphatic rings. The first-order chi connectivity index (χ1) is 10.2. The van der Waals surface area contributed by atoms with E-state index in [1.165, 1.54) is 5.56 Å². The first kappa shape index (κ1) is 16.0. The van der Waals surface area contributed by atoms with Crippen LogP contribution in [-0.4, -0.2) is 25.6 Å². The van der Waals surface area contributed by atoms with Crippen LogP contribution in [0.1, 0.15) is 42.9 Å². The van der Waals surface area contributed by atoms with Crippen molar-refractivity contribution in [3.05, 3.63) is 35.4 Å². The highest BCUT2D eigenvalue weighted by molar-refractivity contribution is 5.79. The predicted molar refractivity (Wildman–Crippen MR) is 83.9 cm³/mol. The predicted octanol–water partition coefficient (Wildman–Crippen LogP) is 2.32. The summed E-state index contributed by atoms with van der Waals surface area (Å²) in [5.74, 6) is 0.0247. The molecule has 0 radical (unpaired) electrons. The number of nitrogens with one attached hydrogen (secondary N) is 1. The van der Waals surface area contributed by atoms with Gasteiger partial charge in [0.25, 0.3) is 0 Å². The molecule has 0 bridgehead atoms. The maximum atomic E-state index is 12.4. The Labute approximate surface area is 127 Å². The minimum Gasteiger partial charge on any atom is -0.373 e. The lowest BCUT2D eigenvalue weighted by molar-refractivity contribution is -0.134. The zero-order valence-corrected chi connectivity index (χ0v) is 12.8. The molecule has 4 nitrogen and oxygen atoms in total. The molecule has 4 heteroatoms. The van der Waals surface area contributed by atoms with Gasteiger partial charge in [0.2, 0.25) is 5.91 Å². The van der Waals surface area contributed by atoms with Crippen molar-refractivity contribution in [1.82, 2.24) is 5.32 Å². The topological polar surface area (TPSA) is 64.3 Å². The van der Waals surface area contributed by atoms with E-state index >= 15 is 0 Å². The summed E-state index contributed by atoms with van der Waals surface area (Å²) in [7, 11) is 0. The van der Waals surface area contributed by atoms with Gasteiger partial charge in [-0.25, -0.2) is 0 Å². The smallest absolute Gasteiger partial charge is 0.226 e. The van der Waals surface area contributed by atoms with Gasteiger partial charge in [0.05, 0.1) is 12.0 Å². The van der Waals surface area contributed by atoms with Crippen molar-refractivity contribution in [2.24, 2.45) is 11.7 Å². The number of carbonyl (C=O) groups excluding carboxylic acids is 1. The molecule has 2 unspecified atom stereocenters. The molecule has 0 spiro atoms. The summed E-state index contributed by atoms with van der Waals surface area (Å²) in [4.78, 5) is 12.4. The fourth-order valence-corrected chi connectivity index (χ4v) is 2.75. The molecular formula is C17H26N2O2. The van der Waals surface area contributed by atoms with Crippen LogP contribution >= 0.6 is 0 Å². The van der Waals surface area contributed by atoms with Gasteiger partial charge >= 0.3 is 0 Å². The normalized spacial score (nSPS) is 22.0. The molecule has 1 saturated heterocycles. The largest absolute Gasteiger partial charge is 0.373 e. The molecule has 1 aromatic rings. The van der Waals surface area contributed by atoms with E-state index in [2.05, 4.69) is 36.5 Å². The average Bonchev–Trinajstić information content (AvgIpc) is 2.52. The first-order valence-electron chi connectivity index (χ1n) is 7.88. The fraction of sp³-hybridized carbons (Fsp3) is 0.588. The summed E-state index contributed by atoms with van der Waals surface area (Å²) in [6, 6.07) is 8.28. The van der Waals surface area contributed by atoms with Crippen molar-refractivity contribution < 1.29 is 9.53 Å². The number of carbonyl (C=O) groups is 1. The van der Waals surface area contributed by atoms with Crippen LogP contribution in [0.5, 0.6) is 0 Å². The lowest BCUT2D eigenvalue weighted by atomic mass is 9.88. The number of rotatable bonds is 6. The van der Waals surface area contributed by atoms with Gasteiger partial charge in [-0.3, -0.25) is 4.79 Å². The van der Waals surface area contributed by atoms with Gasteiger partial charge in [-0.05, 0) is 44.7 Å². The van der Waals surface area contributed by atoms with Crippen LogP contribution in [0, 0.1) is 12.8 Å². The van der Waals surface area contributed by atoms with Crippen LogP contribution < -0.4 is 11.1 Å². The van der Waals surface area contributed by atoms with Crippen molar-refractivity contribution in [2.45, 2.75) is 38.7 Å². The molecule has 1 aromatic carbocycles. The number of ether oxygens (including phenoxy) is 1. The monoisotopic (exact) mass is 290 g/mol. The quantitative estimate of drug-likeness (QED) is 0.790. The van der Waals surface area contributed by atoms with Crippen molar-refractivity contribution in [1.29, 1.82) is 0 Å². The minimum absolute atomic E-state index is 0.0840. The summed E-state index contributed by atoms with van der Waals surface area (Å²) in [6.07, 6.45) is 3.60. The van der Waals surface area contributed by atoms with Gasteiger partial charge < -0.3 is 15.8 Å². The summed E-state index contributed by atoms with van der Waals surface area (Å²) >= 11 is 0. The zero-order chi connectivity index (χ0) is 15.1. The van der Waals surface area contributed by atoms with Gasteiger partial charge in [-0.2, -0.15) is 0 Å². The molecule has 116 valence electrons. The molecule has 21 heavy (non-hydrogen) atoms. The van der Waals surface area contributed by atoms with Gasteiger partial charge in [0.15, 0.2) is 0 Å². The molecule has 1 fully saturated rings. The molecule has 2 rings (SSSR count). The third kappa shape index (κ3) is 4.55. The van der Waals surface area contributed by atoms with Crippen LogP contribution in [0.2, 0.25) is 0 Å². The summed E-state index contributed by atoms with van der Waals surface area (Å²) < 4.78 is 5.88. The maximum Gasteiger partial charge on any atom is 0.226 e. The Morgan fingerprint density at radius 3 is 2.81 bits per heavy atom. The van der Waals surface area contributed by atoms with E-state index in [0.29, 0.717) is 13.1 Å². The first-order valence-corrected chi connectivity index (χ1v) is 7.88. The van der Waals surface area contributed by atoms with Crippen molar-refractivity contribution in [3.8, 4) is 0 Å². The highest BCUT2D eigenvalue weighted by atomic mass is 16.5. The number of hydrogen-bond donors (Lipinski definition) is 2. The molecule has 1 aliphatic heterocycles. The molecule has 0 aliphatic carbocycles. The SMILES string of the molecule is Cc1ccc(C2OCCCC2C(=O)NCCCCN)cc1. The second-order valence-corrected chi connectivity index (χ2v) is 5.74. The Balaban J connectivity index is 1.98. The molecule has 2 atom stereocenters. The van der Waals surface area contributed by atoms with Crippen LogP contribution in [0.15, 0.2) is 24.3 Å². The Bertz CT molecular complexity index is 445. The molecular weight excluding hydrogens is 264 g/mol. The summed E-state index contributed by atoms with van der Waals surface area (Å²) in [6.45, 7) is 4.17. The van der Waals surface area contributed by atoms with Gasteiger partial charge in [0.1, 0.15) is 0 Å². The Kier molecular flexibility index (Phi) is 6.21. The van der Waals surface area contributed by atoms with E-state index in [1.807, 2.05) is 0 Å². The molecule has 0 saturated carbocycles. The lowest BCUT2D eigenvalue weighted by Crippen LogP contribution is -2.38. The van der Waals surface area contributed by atoms with Crippen LogP contribution in [0.4, 0.5) is 0 Å². The van der Waals surface area contributed by atoms with Gasteiger partial charge in [-0.1, -0.05) is 29.8 Å². The van der Waals surface area contributed by atoms with E-state index in [9.17, 15) is 4.79 Å². The second-order valence-electron chi connectivity index (χ2n) is 5.74. The van der Waals surface area contributed by atoms with E-state index in [0.717, 1.165) is 37.9 Å². The number of hydrogen-bond acceptors (Lipinski definition) is 3. The average molecular weight is 290 g/mol. The van der Waals surface area contributed by atoms with Crippen molar-refractivity contribution >= 4 is 5.91 Å². The maximum absolute atomic E-state index is 12.4. The molecule has 0 aromatic heterocycles. The highest BCUT2D eigenvalue weighted by Crippen LogP contribution is 2.33. The minimum atomic E-state index is -0.117. The van der Waals surface area contributed by atoms with E-state index in [-0.39, 0.29) is 17.9 Å². The van der Waals surface area contributed by atoms with Gasteiger partial charge in [-0.15, -0.1) is 0 Å². The van der Waals surface area contributed by atoms with Crippen LogP contribution in [0.25, 0.3) is 0 Å². The highest BCUT2D eigenvalue weighted by Gasteiger charge is 2.32. The van der Waals surface area contributed by atoms with Crippen LogP contribution in [0.3, 0.4) is 0 Å². The van der Waals surface area contributed by atoms with Crippen molar-refractivity contribution in [3.63, 3.8) is 0 Å². The zero-order valence-electron chi connectivity index (χ0n) is 12.8. The third-order valence-corrected chi connectivity index (χ3v) is 4.00. The molecule has 1 heterocycles. The standard InChI is InChI=1S/C17H26N2O2/c1-13-6-8-14(9-7-13)16-15(5-4-12-21-16)17(20)19-11-3-2-10-18/h6-9,15-16H,2-5,10-12,18H2,1H3,(H,19,20). The number of amides is 1. The number of nitrogens with two attached hydrogens (primary N) is 1. The Morgan fingerprint density at radius 2 is 2.10 bits per heavy atom. The second kappa shape index (κ2) is 8.15. The number of unbranched alkanes of at least 4 members (excludes halogenated alkanes) is 1. The number of benzene rings is 1. The van der Waals surface area contributed by atoms with E-state index in [1.54, 1.807) is 0 Å². The van der Waals surface area contributed by atoms with E-state index in [4.69, 9.17) is 10.5 Å². The lowest BCUT2D eigenvalue weighted by Gasteiger charge is -2.31. The summed E-state index contributed by atoms with van der Waals surface area (Å²) in [5.41, 5.74) is 7.78. The van der Waals surface area contributed by atoms with E-state index < -0.39 is 0 Å².